The van der Waals surface area contributed by atoms with Crippen molar-refractivity contribution in [2.24, 2.45) is 0 Å². The van der Waals surface area contributed by atoms with Crippen LogP contribution in [0.4, 0.5) is 0 Å². The van der Waals surface area contributed by atoms with Crippen molar-refractivity contribution in [1.82, 2.24) is 23.7 Å². The van der Waals surface area contributed by atoms with Crippen molar-refractivity contribution in [3.8, 4) is 28.6 Å². The lowest BCUT2D eigenvalue weighted by atomic mass is 10.0. The van der Waals surface area contributed by atoms with Crippen molar-refractivity contribution >= 4 is 97.9 Å². The molecule has 14 aromatic rings. The lowest BCUT2D eigenvalue weighted by Gasteiger charge is -2.14. The van der Waals surface area contributed by atoms with E-state index in [1.54, 1.807) is 0 Å². The normalized spacial score (nSPS) is 12.1. The predicted octanol–water partition coefficient (Wildman–Crippen LogP) is 14.9. The molecule has 10 aromatic carbocycles. The molecule has 63 heavy (non-hydrogen) atoms. The largest absolute Gasteiger partial charge is 0.309 e. The zero-order valence-electron chi connectivity index (χ0n) is 33.9. The first-order valence-corrected chi connectivity index (χ1v) is 21.5. The highest BCUT2D eigenvalue weighted by Crippen LogP contribution is 2.42. The number of fused-ring (bicyclic) bond motifs is 14. The first kappa shape index (κ1) is 34.2. The summed E-state index contributed by atoms with van der Waals surface area (Å²) in [6.07, 6.45) is 0. The monoisotopic (exact) mass is 801 g/mol. The van der Waals surface area contributed by atoms with Crippen LogP contribution in [0.5, 0.6) is 0 Å². The smallest absolute Gasteiger partial charge is 0.235 e. The Bertz CT molecular complexity index is 4210. The Morgan fingerprint density at radius 3 is 1.71 bits per heavy atom. The highest BCUT2D eigenvalue weighted by molar-refractivity contribution is 6.22. The van der Waals surface area contributed by atoms with E-state index in [4.69, 9.17) is 9.97 Å². The first-order valence-electron chi connectivity index (χ1n) is 21.5. The molecule has 5 heteroatoms. The fourth-order valence-electron chi connectivity index (χ4n) is 10.5. The third kappa shape index (κ3) is 4.87. The summed E-state index contributed by atoms with van der Waals surface area (Å²) >= 11 is 0. The summed E-state index contributed by atoms with van der Waals surface area (Å²) in [6.45, 7) is 0. The van der Waals surface area contributed by atoms with E-state index < -0.39 is 0 Å². The number of hydrogen-bond acceptors (Lipinski definition) is 2. The van der Waals surface area contributed by atoms with E-state index in [1.807, 2.05) is 0 Å². The Balaban J connectivity index is 1.08. The Morgan fingerprint density at radius 2 is 0.889 bits per heavy atom. The number of para-hydroxylation sites is 4. The standard InChI is InChI=1S/C58H35N5/c1-2-16-39(17-3-1)61-50-24-12-9-20-43(50)45-30-27-38(34-53(45)61)56-47-22-8-11-23-49(47)59-58(60-56)63-52-33-28-36-14-4-6-18-41(36)55(52)48-32-29-40(35-54(48)63)62-51-25-13-10-21-44(51)46-31-26-37-15-5-7-19-42(37)57(46)62/h1-35H. The second-order valence-corrected chi connectivity index (χ2v) is 16.6. The van der Waals surface area contributed by atoms with Crippen molar-refractivity contribution in [2.75, 3.05) is 0 Å². The maximum absolute atomic E-state index is 5.63. The van der Waals surface area contributed by atoms with Gasteiger partial charge in [0, 0.05) is 60.0 Å². The van der Waals surface area contributed by atoms with E-state index in [2.05, 4.69) is 226 Å². The zero-order valence-corrected chi connectivity index (χ0v) is 33.9. The van der Waals surface area contributed by atoms with Gasteiger partial charge in [0.25, 0.3) is 0 Å². The number of hydrogen-bond donors (Lipinski definition) is 0. The molecule has 4 heterocycles. The second-order valence-electron chi connectivity index (χ2n) is 16.6. The van der Waals surface area contributed by atoms with Crippen LogP contribution >= 0.6 is 0 Å². The van der Waals surface area contributed by atoms with Crippen molar-refractivity contribution in [1.29, 1.82) is 0 Å². The van der Waals surface area contributed by atoms with Gasteiger partial charge in [0.1, 0.15) is 0 Å². The summed E-state index contributed by atoms with van der Waals surface area (Å²) in [7, 11) is 0. The molecule has 0 saturated carbocycles. The minimum atomic E-state index is 0.632. The molecule has 0 bridgehead atoms. The predicted molar refractivity (Wildman–Crippen MR) is 263 cm³/mol. The maximum atomic E-state index is 5.63. The van der Waals surface area contributed by atoms with Gasteiger partial charge in [-0.25, -0.2) is 9.97 Å². The molecule has 0 saturated heterocycles. The molecule has 0 atom stereocenters. The lowest BCUT2D eigenvalue weighted by Crippen LogP contribution is -2.04. The quantitative estimate of drug-likeness (QED) is 0.178. The van der Waals surface area contributed by atoms with E-state index >= 15 is 0 Å². The van der Waals surface area contributed by atoms with Gasteiger partial charge in [-0.05, 0) is 70.8 Å². The van der Waals surface area contributed by atoms with Gasteiger partial charge in [0.15, 0.2) is 0 Å². The van der Waals surface area contributed by atoms with Gasteiger partial charge in [-0.3, -0.25) is 4.57 Å². The van der Waals surface area contributed by atoms with Gasteiger partial charge in [-0.1, -0.05) is 158 Å². The van der Waals surface area contributed by atoms with Crippen molar-refractivity contribution in [3.63, 3.8) is 0 Å². The number of nitrogens with zero attached hydrogens (tertiary/aromatic N) is 5. The SMILES string of the molecule is c1ccc(-n2c3ccccc3c3ccc(-c4nc(-n5c6cc(-n7c8ccccc8c8ccc9ccccc9c87)ccc6c6c7ccccc7ccc65)nc5ccccc45)cc32)cc1. The number of aromatic nitrogens is 5. The molecule has 5 nitrogen and oxygen atoms in total. The van der Waals surface area contributed by atoms with E-state index in [0.717, 1.165) is 55.5 Å². The first-order chi connectivity index (χ1) is 31.3. The molecular formula is C58H35N5. The zero-order chi connectivity index (χ0) is 41.2. The average Bonchev–Trinajstić information content (AvgIpc) is 3.99. The molecule has 0 unspecified atom stereocenters. The highest BCUT2D eigenvalue weighted by Gasteiger charge is 2.22. The molecule has 14 rings (SSSR count). The van der Waals surface area contributed by atoms with E-state index in [9.17, 15) is 0 Å². The molecule has 0 N–H and O–H groups in total. The molecule has 0 aliphatic carbocycles. The van der Waals surface area contributed by atoms with Crippen LogP contribution in [0.25, 0.3) is 126 Å². The molecule has 0 aliphatic heterocycles. The van der Waals surface area contributed by atoms with E-state index in [-0.39, 0.29) is 0 Å². The average molecular weight is 802 g/mol. The maximum Gasteiger partial charge on any atom is 0.235 e. The lowest BCUT2D eigenvalue weighted by molar-refractivity contribution is 1.01. The fraction of sp³-hybridized carbons (Fsp3) is 0. The van der Waals surface area contributed by atoms with Crippen LogP contribution < -0.4 is 0 Å². The number of rotatable bonds is 4. The van der Waals surface area contributed by atoms with Crippen LogP contribution in [0.1, 0.15) is 0 Å². The summed E-state index contributed by atoms with van der Waals surface area (Å²) in [4.78, 5) is 11.0. The van der Waals surface area contributed by atoms with Crippen LogP contribution in [-0.2, 0) is 0 Å². The second kappa shape index (κ2) is 13.0. The Hall–Kier alpha value is -8.54. The molecule has 0 fully saturated rings. The van der Waals surface area contributed by atoms with Crippen LogP contribution in [-0.4, -0.2) is 23.7 Å². The summed E-state index contributed by atoms with van der Waals surface area (Å²) in [6, 6.07) is 76.6. The molecule has 4 aromatic heterocycles. The van der Waals surface area contributed by atoms with Gasteiger partial charge in [-0.2, -0.15) is 0 Å². The topological polar surface area (TPSA) is 40.6 Å². The van der Waals surface area contributed by atoms with Crippen LogP contribution in [0.15, 0.2) is 212 Å². The van der Waals surface area contributed by atoms with Gasteiger partial charge < -0.3 is 9.13 Å². The molecule has 0 spiro atoms. The fourth-order valence-corrected chi connectivity index (χ4v) is 10.5. The summed E-state index contributed by atoms with van der Waals surface area (Å²) in [5.74, 6) is 0.632. The minimum Gasteiger partial charge on any atom is -0.309 e. The molecule has 292 valence electrons. The van der Waals surface area contributed by atoms with Crippen LogP contribution in [0.2, 0.25) is 0 Å². The van der Waals surface area contributed by atoms with Crippen molar-refractivity contribution in [3.05, 3.63) is 212 Å². The molecule has 0 aliphatic rings. The third-order valence-electron chi connectivity index (χ3n) is 13.2. The Morgan fingerprint density at radius 1 is 0.302 bits per heavy atom. The van der Waals surface area contributed by atoms with Gasteiger partial charge in [0.2, 0.25) is 5.95 Å². The van der Waals surface area contributed by atoms with E-state index in [0.29, 0.717) is 5.95 Å². The van der Waals surface area contributed by atoms with Crippen LogP contribution in [0, 0.1) is 0 Å². The summed E-state index contributed by atoms with van der Waals surface area (Å²) < 4.78 is 7.11. The van der Waals surface area contributed by atoms with Crippen molar-refractivity contribution < 1.29 is 0 Å². The molecule has 0 amide bonds. The van der Waals surface area contributed by atoms with Gasteiger partial charge in [-0.15, -0.1) is 0 Å². The van der Waals surface area contributed by atoms with Gasteiger partial charge >= 0.3 is 0 Å². The summed E-state index contributed by atoms with van der Waals surface area (Å²) in [5, 5.41) is 13.1. The number of benzene rings is 10. The Kier molecular flexibility index (Phi) is 7.05. The van der Waals surface area contributed by atoms with E-state index in [1.165, 1.54) is 65.0 Å². The Labute approximate surface area is 360 Å². The minimum absolute atomic E-state index is 0.632. The highest BCUT2D eigenvalue weighted by atomic mass is 15.2. The van der Waals surface area contributed by atoms with Crippen LogP contribution in [0.3, 0.4) is 0 Å². The molecular weight excluding hydrogens is 767 g/mol. The third-order valence-corrected chi connectivity index (χ3v) is 13.2. The molecule has 0 radical (unpaired) electrons. The van der Waals surface area contributed by atoms with Crippen molar-refractivity contribution in [2.45, 2.75) is 0 Å². The van der Waals surface area contributed by atoms with Gasteiger partial charge in [0.05, 0.1) is 44.3 Å². The summed E-state index contributed by atoms with van der Waals surface area (Å²) in [5.41, 5.74) is 11.8.